The van der Waals surface area contributed by atoms with Gasteiger partial charge in [0.05, 0.1) is 5.56 Å². The van der Waals surface area contributed by atoms with E-state index >= 15 is 0 Å². The van der Waals surface area contributed by atoms with Gasteiger partial charge in [-0.05, 0) is 48.7 Å². The van der Waals surface area contributed by atoms with Crippen LogP contribution in [0.3, 0.4) is 0 Å². The highest BCUT2D eigenvalue weighted by Gasteiger charge is 2.14. The summed E-state index contributed by atoms with van der Waals surface area (Å²) in [6, 6.07) is 10.6. The molecule has 4 nitrogen and oxygen atoms in total. The fourth-order valence-electron chi connectivity index (χ4n) is 2.43. The van der Waals surface area contributed by atoms with Crippen molar-refractivity contribution in [3.05, 3.63) is 52.0 Å². The first-order valence-electron chi connectivity index (χ1n) is 6.80. The molecule has 0 aliphatic carbocycles. The van der Waals surface area contributed by atoms with Crippen LogP contribution in [0.4, 0.5) is 11.4 Å². The summed E-state index contributed by atoms with van der Waals surface area (Å²) in [4.78, 5) is 12.2. The number of phenolic OH excluding ortho intramolecular Hbond substituents is 1. The number of benzene rings is 2. The molecule has 0 fully saturated rings. The molecule has 0 saturated heterocycles. The van der Waals surface area contributed by atoms with Crippen molar-refractivity contribution in [1.29, 1.82) is 0 Å². The van der Waals surface area contributed by atoms with E-state index < -0.39 is 0 Å². The molecule has 5 heteroatoms. The van der Waals surface area contributed by atoms with Crippen LogP contribution in [0.5, 0.6) is 5.75 Å². The highest BCUT2D eigenvalue weighted by Crippen LogP contribution is 2.27. The second-order valence-corrected chi connectivity index (χ2v) is 5.93. The number of aryl methyl sites for hydroxylation is 1. The van der Waals surface area contributed by atoms with Crippen molar-refractivity contribution in [3.8, 4) is 5.75 Å². The van der Waals surface area contributed by atoms with Gasteiger partial charge >= 0.3 is 0 Å². The van der Waals surface area contributed by atoms with Crippen molar-refractivity contribution in [2.45, 2.75) is 12.8 Å². The van der Waals surface area contributed by atoms with Gasteiger partial charge in [0.2, 0.25) is 0 Å². The van der Waals surface area contributed by atoms with Gasteiger partial charge in [-0.15, -0.1) is 0 Å². The Labute approximate surface area is 131 Å². The van der Waals surface area contributed by atoms with Crippen LogP contribution >= 0.6 is 15.9 Å². The number of carbonyl (C=O) groups is 1. The number of rotatable bonds is 2. The summed E-state index contributed by atoms with van der Waals surface area (Å²) >= 11 is 3.30. The van der Waals surface area contributed by atoms with E-state index in [0.29, 0.717) is 5.69 Å². The van der Waals surface area contributed by atoms with Crippen molar-refractivity contribution in [1.82, 2.24) is 0 Å². The van der Waals surface area contributed by atoms with Gasteiger partial charge in [0.1, 0.15) is 5.75 Å². The average Bonchev–Trinajstić information content (AvgIpc) is 2.49. The first kappa shape index (κ1) is 13.9. The third-order valence-corrected chi connectivity index (χ3v) is 4.00. The van der Waals surface area contributed by atoms with Crippen molar-refractivity contribution in [3.63, 3.8) is 0 Å². The first-order valence-corrected chi connectivity index (χ1v) is 7.59. The third kappa shape index (κ3) is 3.03. The minimum absolute atomic E-state index is 0.0354. The Balaban J connectivity index is 1.83. The standard InChI is InChI=1S/C16H15BrN2O2/c17-11-4-6-15(20)13(8-11)16(21)19-12-5-3-10-2-1-7-18-14(10)9-12/h3-6,8-9,18,20H,1-2,7H2,(H,19,21). The van der Waals surface area contributed by atoms with Crippen LogP contribution in [0.25, 0.3) is 0 Å². The molecule has 0 saturated carbocycles. The number of carbonyl (C=O) groups excluding carboxylic acids is 1. The number of anilines is 2. The molecule has 2 aromatic rings. The number of fused-ring (bicyclic) bond motifs is 1. The summed E-state index contributed by atoms with van der Waals surface area (Å²) in [5.41, 5.74) is 3.30. The van der Waals surface area contributed by atoms with Crippen LogP contribution in [-0.2, 0) is 6.42 Å². The molecule has 1 amide bonds. The normalized spacial score (nSPS) is 13.2. The lowest BCUT2D eigenvalue weighted by Gasteiger charge is -2.19. The Hall–Kier alpha value is -2.01. The zero-order valence-electron chi connectivity index (χ0n) is 11.3. The van der Waals surface area contributed by atoms with Gasteiger partial charge in [-0.3, -0.25) is 4.79 Å². The minimum Gasteiger partial charge on any atom is -0.507 e. The van der Waals surface area contributed by atoms with E-state index in [1.807, 2.05) is 18.2 Å². The number of amides is 1. The second kappa shape index (κ2) is 5.77. The molecule has 1 heterocycles. The van der Waals surface area contributed by atoms with Crippen LogP contribution in [0.15, 0.2) is 40.9 Å². The summed E-state index contributed by atoms with van der Waals surface area (Å²) in [6.45, 7) is 0.955. The Morgan fingerprint density at radius 3 is 2.95 bits per heavy atom. The van der Waals surface area contributed by atoms with Crippen LogP contribution in [0, 0.1) is 0 Å². The molecular weight excluding hydrogens is 332 g/mol. The maximum atomic E-state index is 12.2. The maximum Gasteiger partial charge on any atom is 0.259 e. The summed E-state index contributed by atoms with van der Waals surface area (Å²) in [6.07, 6.45) is 2.19. The number of hydrogen-bond donors (Lipinski definition) is 3. The molecule has 0 spiro atoms. The first-order chi connectivity index (χ1) is 10.1. The summed E-state index contributed by atoms with van der Waals surface area (Å²) in [5.74, 6) is -0.364. The maximum absolute atomic E-state index is 12.2. The second-order valence-electron chi connectivity index (χ2n) is 5.02. The topological polar surface area (TPSA) is 61.4 Å². The molecule has 1 aliphatic rings. The molecule has 0 atom stereocenters. The van der Waals surface area contributed by atoms with Gasteiger partial charge in [0.25, 0.3) is 5.91 Å². The van der Waals surface area contributed by atoms with Crippen LogP contribution in [-0.4, -0.2) is 17.6 Å². The zero-order valence-corrected chi connectivity index (χ0v) is 12.9. The molecule has 1 aliphatic heterocycles. The molecule has 21 heavy (non-hydrogen) atoms. The third-order valence-electron chi connectivity index (χ3n) is 3.51. The van der Waals surface area contributed by atoms with Gasteiger partial charge in [-0.25, -0.2) is 0 Å². The Morgan fingerprint density at radius 1 is 1.24 bits per heavy atom. The Morgan fingerprint density at radius 2 is 2.10 bits per heavy atom. The van der Waals surface area contributed by atoms with Gasteiger partial charge in [-0.1, -0.05) is 22.0 Å². The fourth-order valence-corrected chi connectivity index (χ4v) is 2.79. The number of hydrogen-bond acceptors (Lipinski definition) is 3. The number of nitrogens with one attached hydrogen (secondary N) is 2. The SMILES string of the molecule is O=C(Nc1ccc2c(c1)NCCC2)c1cc(Br)ccc1O. The molecule has 0 bridgehead atoms. The van der Waals surface area contributed by atoms with E-state index in [-0.39, 0.29) is 17.2 Å². The van der Waals surface area contributed by atoms with E-state index in [1.165, 1.54) is 11.6 Å². The predicted molar refractivity (Wildman–Crippen MR) is 87.0 cm³/mol. The Bertz CT molecular complexity index is 701. The smallest absolute Gasteiger partial charge is 0.259 e. The minimum atomic E-state index is -0.329. The van der Waals surface area contributed by atoms with Crippen molar-refractivity contribution in [2.24, 2.45) is 0 Å². The summed E-state index contributed by atoms with van der Waals surface area (Å²) < 4.78 is 0.748. The lowest BCUT2D eigenvalue weighted by Crippen LogP contribution is -2.15. The fraction of sp³-hybridized carbons (Fsp3) is 0.188. The van der Waals surface area contributed by atoms with E-state index in [0.717, 1.165) is 29.5 Å². The van der Waals surface area contributed by atoms with Crippen molar-refractivity contribution < 1.29 is 9.90 Å². The Kier molecular flexibility index (Phi) is 3.84. The monoisotopic (exact) mass is 346 g/mol. The zero-order chi connectivity index (χ0) is 14.8. The van der Waals surface area contributed by atoms with Gasteiger partial charge < -0.3 is 15.7 Å². The van der Waals surface area contributed by atoms with Crippen molar-refractivity contribution >= 4 is 33.2 Å². The van der Waals surface area contributed by atoms with Crippen LogP contribution < -0.4 is 10.6 Å². The predicted octanol–water partition coefficient (Wildman–Crippen LogP) is 3.77. The van der Waals surface area contributed by atoms with Crippen LogP contribution in [0.2, 0.25) is 0 Å². The molecular formula is C16H15BrN2O2. The lowest BCUT2D eigenvalue weighted by atomic mass is 10.0. The summed E-state index contributed by atoms with van der Waals surface area (Å²) in [5, 5.41) is 15.9. The van der Waals surface area contributed by atoms with Crippen LogP contribution in [0.1, 0.15) is 22.3 Å². The number of phenols is 1. The number of aromatic hydroxyl groups is 1. The lowest BCUT2D eigenvalue weighted by molar-refractivity contribution is 0.102. The molecule has 2 aromatic carbocycles. The molecule has 0 radical (unpaired) electrons. The highest BCUT2D eigenvalue weighted by atomic mass is 79.9. The average molecular weight is 347 g/mol. The van der Waals surface area contributed by atoms with Gasteiger partial charge in [-0.2, -0.15) is 0 Å². The highest BCUT2D eigenvalue weighted by molar-refractivity contribution is 9.10. The van der Waals surface area contributed by atoms with E-state index in [4.69, 9.17) is 0 Å². The van der Waals surface area contributed by atoms with Gasteiger partial charge in [0, 0.05) is 22.4 Å². The van der Waals surface area contributed by atoms with Gasteiger partial charge in [0.15, 0.2) is 0 Å². The summed E-state index contributed by atoms with van der Waals surface area (Å²) in [7, 11) is 0. The molecule has 3 N–H and O–H groups in total. The van der Waals surface area contributed by atoms with Crippen molar-refractivity contribution in [2.75, 3.05) is 17.2 Å². The largest absolute Gasteiger partial charge is 0.507 e. The van der Waals surface area contributed by atoms with E-state index in [1.54, 1.807) is 12.1 Å². The number of halogens is 1. The molecule has 108 valence electrons. The molecule has 0 unspecified atom stereocenters. The molecule has 0 aromatic heterocycles. The quantitative estimate of drug-likeness (QED) is 0.775. The van der Waals surface area contributed by atoms with E-state index in [2.05, 4.69) is 26.6 Å². The molecule has 3 rings (SSSR count). The van der Waals surface area contributed by atoms with E-state index in [9.17, 15) is 9.90 Å².